The molecule has 0 radical (unpaired) electrons. The predicted molar refractivity (Wildman–Crippen MR) is 135 cm³/mol. The molecule has 35 heavy (non-hydrogen) atoms. The second-order valence-corrected chi connectivity index (χ2v) is 10.5. The van der Waals surface area contributed by atoms with Crippen LogP contribution in [-0.4, -0.2) is 42.3 Å². The van der Waals surface area contributed by atoms with Gasteiger partial charge in [0.05, 0.1) is 27.2 Å². The van der Waals surface area contributed by atoms with Crippen molar-refractivity contribution >= 4 is 32.7 Å². The zero-order chi connectivity index (χ0) is 24.4. The van der Waals surface area contributed by atoms with Crippen LogP contribution in [-0.2, 0) is 16.4 Å². The highest BCUT2D eigenvalue weighted by atomic mass is 32.2. The minimum Gasteiger partial charge on any atom is -0.339 e. The molecule has 2 heterocycles. The summed E-state index contributed by atoms with van der Waals surface area (Å²) in [6.45, 7) is 1.27. The standard InChI is InChI=1S/C26H26N4O4S/c31-25(30-14-12-19(13-15-30)16-18-6-2-1-3-7-18)21-8-4-5-9-22(21)29-35(33,34)20-10-11-23-24(17-20)28-26(32)27-23/h1-11,17,19,29H,12-16H2,(H2,27,28,32). The summed E-state index contributed by atoms with van der Waals surface area (Å²) in [5.41, 5.74) is 2.34. The van der Waals surface area contributed by atoms with E-state index in [9.17, 15) is 18.0 Å². The number of likely N-dealkylation sites (tertiary alicyclic amines) is 1. The van der Waals surface area contributed by atoms with E-state index in [1.807, 2.05) is 18.2 Å². The quantitative estimate of drug-likeness (QED) is 0.382. The summed E-state index contributed by atoms with van der Waals surface area (Å²) in [6.07, 6.45) is 2.81. The van der Waals surface area contributed by atoms with Crippen LogP contribution in [0.25, 0.3) is 11.0 Å². The van der Waals surface area contributed by atoms with Gasteiger partial charge >= 0.3 is 5.69 Å². The first-order chi connectivity index (χ1) is 16.9. The van der Waals surface area contributed by atoms with Crippen LogP contribution in [0.2, 0.25) is 0 Å². The van der Waals surface area contributed by atoms with Gasteiger partial charge in [-0.15, -0.1) is 0 Å². The number of rotatable bonds is 6. The third-order valence-electron chi connectivity index (χ3n) is 6.47. The fraction of sp³-hybridized carbons (Fsp3) is 0.231. The van der Waals surface area contributed by atoms with Gasteiger partial charge in [-0.25, -0.2) is 13.2 Å². The number of carbonyl (C=O) groups excluding carboxylic acids is 1. The van der Waals surface area contributed by atoms with Gasteiger partial charge < -0.3 is 14.9 Å². The number of hydrogen-bond donors (Lipinski definition) is 3. The van der Waals surface area contributed by atoms with Gasteiger partial charge in [0.25, 0.3) is 15.9 Å². The van der Waals surface area contributed by atoms with Crippen LogP contribution in [0, 0.1) is 5.92 Å². The predicted octanol–water partition coefficient (Wildman–Crippen LogP) is 3.75. The Morgan fingerprint density at radius 1 is 0.914 bits per heavy atom. The Balaban J connectivity index is 1.30. The highest BCUT2D eigenvalue weighted by Gasteiger charge is 2.26. The molecule has 1 amide bonds. The summed E-state index contributed by atoms with van der Waals surface area (Å²) in [5.74, 6) is 0.330. The summed E-state index contributed by atoms with van der Waals surface area (Å²) in [5, 5.41) is 0. The average Bonchev–Trinajstić information content (AvgIpc) is 3.24. The topological polar surface area (TPSA) is 115 Å². The van der Waals surface area contributed by atoms with E-state index in [1.165, 1.54) is 23.8 Å². The normalized spacial score (nSPS) is 14.8. The van der Waals surface area contributed by atoms with Crippen LogP contribution >= 0.6 is 0 Å². The SMILES string of the molecule is O=C(c1ccccc1NS(=O)(=O)c1ccc2[nH]c(=O)[nH]c2c1)N1CCC(Cc2ccccc2)CC1. The first-order valence-corrected chi connectivity index (χ1v) is 13.0. The molecule has 8 nitrogen and oxygen atoms in total. The maximum atomic E-state index is 13.3. The van der Waals surface area contributed by atoms with Crippen molar-refractivity contribution in [1.29, 1.82) is 0 Å². The molecule has 1 aliphatic heterocycles. The summed E-state index contributed by atoms with van der Waals surface area (Å²) in [4.78, 5) is 31.8. The van der Waals surface area contributed by atoms with E-state index < -0.39 is 15.7 Å². The van der Waals surface area contributed by atoms with E-state index in [-0.39, 0.29) is 16.5 Å². The third kappa shape index (κ3) is 5.00. The van der Waals surface area contributed by atoms with Gasteiger partial charge in [-0.1, -0.05) is 42.5 Å². The summed E-state index contributed by atoms with van der Waals surface area (Å²) < 4.78 is 28.7. The van der Waals surface area contributed by atoms with Crippen LogP contribution in [0.1, 0.15) is 28.8 Å². The van der Waals surface area contributed by atoms with Gasteiger partial charge in [-0.2, -0.15) is 0 Å². The molecule has 1 aliphatic rings. The third-order valence-corrected chi connectivity index (χ3v) is 7.83. The molecule has 4 aromatic rings. The first kappa shape index (κ1) is 22.9. The molecule has 0 aliphatic carbocycles. The van der Waals surface area contributed by atoms with Crippen molar-refractivity contribution in [3.63, 3.8) is 0 Å². The highest BCUT2D eigenvalue weighted by molar-refractivity contribution is 7.92. The number of H-pyrrole nitrogens is 2. The second kappa shape index (κ2) is 9.42. The molecule has 180 valence electrons. The minimum absolute atomic E-state index is 0.00997. The zero-order valence-electron chi connectivity index (χ0n) is 19.0. The Bertz CT molecular complexity index is 1520. The molecule has 3 aromatic carbocycles. The van der Waals surface area contributed by atoms with Crippen molar-refractivity contribution in [2.75, 3.05) is 17.8 Å². The molecule has 1 fully saturated rings. The van der Waals surface area contributed by atoms with Gasteiger partial charge in [0.2, 0.25) is 0 Å². The van der Waals surface area contributed by atoms with Gasteiger partial charge in [-0.05, 0) is 61.1 Å². The fourth-order valence-corrected chi connectivity index (χ4v) is 5.70. The maximum absolute atomic E-state index is 13.3. The monoisotopic (exact) mass is 490 g/mol. The lowest BCUT2D eigenvalue weighted by molar-refractivity contribution is 0.0691. The van der Waals surface area contributed by atoms with Crippen LogP contribution in [0.4, 0.5) is 5.69 Å². The number of aromatic amines is 2. The Labute approximate surface area is 203 Å². The molecule has 0 bridgehead atoms. The Morgan fingerprint density at radius 2 is 1.60 bits per heavy atom. The Kier molecular flexibility index (Phi) is 6.17. The smallest absolute Gasteiger partial charge is 0.323 e. The summed E-state index contributed by atoms with van der Waals surface area (Å²) in [6, 6.07) is 21.3. The molecule has 0 saturated carbocycles. The lowest BCUT2D eigenvalue weighted by Gasteiger charge is -2.32. The maximum Gasteiger partial charge on any atom is 0.323 e. The summed E-state index contributed by atoms with van der Waals surface area (Å²) >= 11 is 0. The fourth-order valence-electron chi connectivity index (χ4n) is 4.60. The minimum atomic E-state index is -3.98. The summed E-state index contributed by atoms with van der Waals surface area (Å²) in [7, 11) is -3.98. The number of fused-ring (bicyclic) bond motifs is 1. The molecule has 9 heteroatoms. The number of hydrogen-bond acceptors (Lipinski definition) is 4. The second-order valence-electron chi connectivity index (χ2n) is 8.86. The molecule has 1 saturated heterocycles. The largest absolute Gasteiger partial charge is 0.339 e. The van der Waals surface area contributed by atoms with Gasteiger partial charge in [0, 0.05) is 13.1 Å². The van der Waals surface area contributed by atoms with Crippen molar-refractivity contribution in [2.45, 2.75) is 24.2 Å². The van der Waals surface area contributed by atoms with Crippen LogP contribution in [0.3, 0.4) is 0 Å². The Hall–Kier alpha value is -3.85. The number of anilines is 1. The molecule has 3 N–H and O–H groups in total. The number of aromatic nitrogens is 2. The lowest BCUT2D eigenvalue weighted by Crippen LogP contribution is -2.39. The molecule has 1 aromatic heterocycles. The highest BCUT2D eigenvalue weighted by Crippen LogP contribution is 2.26. The van der Waals surface area contributed by atoms with Gasteiger partial charge in [-0.3, -0.25) is 9.52 Å². The lowest BCUT2D eigenvalue weighted by atomic mass is 9.90. The number of amides is 1. The molecule has 0 atom stereocenters. The van der Waals surface area contributed by atoms with E-state index in [0.29, 0.717) is 35.6 Å². The molecule has 0 spiro atoms. The molecule has 0 unspecified atom stereocenters. The van der Waals surface area contributed by atoms with E-state index in [4.69, 9.17) is 0 Å². The van der Waals surface area contributed by atoms with Crippen molar-refractivity contribution in [2.24, 2.45) is 5.92 Å². The number of nitrogens with one attached hydrogen (secondary N) is 3. The van der Waals surface area contributed by atoms with Crippen molar-refractivity contribution in [3.05, 3.63) is 94.4 Å². The molecular weight excluding hydrogens is 464 g/mol. The van der Waals surface area contributed by atoms with Crippen LogP contribution in [0.5, 0.6) is 0 Å². The van der Waals surface area contributed by atoms with Gasteiger partial charge in [0.1, 0.15) is 0 Å². The van der Waals surface area contributed by atoms with Crippen LogP contribution in [0.15, 0.2) is 82.5 Å². The van der Waals surface area contributed by atoms with E-state index in [0.717, 1.165) is 19.3 Å². The van der Waals surface area contributed by atoms with E-state index in [1.54, 1.807) is 29.2 Å². The number of imidazole rings is 1. The van der Waals surface area contributed by atoms with Crippen molar-refractivity contribution < 1.29 is 13.2 Å². The number of para-hydroxylation sites is 1. The molecular formula is C26H26N4O4S. The number of nitrogens with zero attached hydrogens (tertiary/aromatic N) is 1. The number of benzene rings is 3. The number of piperidine rings is 1. The zero-order valence-corrected chi connectivity index (χ0v) is 19.8. The van der Waals surface area contributed by atoms with Crippen molar-refractivity contribution in [3.8, 4) is 0 Å². The van der Waals surface area contributed by atoms with Crippen LogP contribution < -0.4 is 10.4 Å². The van der Waals surface area contributed by atoms with E-state index in [2.05, 4.69) is 26.8 Å². The van der Waals surface area contributed by atoms with Crippen molar-refractivity contribution in [1.82, 2.24) is 14.9 Å². The van der Waals surface area contributed by atoms with E-state index >= 15 is 0 Å². The number of carbonyl (C=O) groups is 1. The Morgan fingerprint density at radius 3 is 2.37 bits per heavy atom. The first-order valence-electron chi connectivity index (χ1n) is 11.6. The van der Waals surface area contributed by atoms with Gasteiger partial charge in [0.15, 0.2) is 0 Å². The number of sulfonamides is 1. The average molecular weight is 491 g/mol. The molecule has 5 rings (SSSR count).